The van der Waals surface area contributed by atoms with Crippen LogP contribution in [0.1, 0.15) is 30.0 Å². The number of anilines is 1. The van der Waals surface area contributed by atoms with Crippen molar-refractivity contribution >= 4 is 12.0 Å². The van der Waals surface area contributed by atoms with Gasteiger partial charge in [-0.05, 0) is 43.2 Å². The number of aliphatic imine (C=N–C) groups is 1. The second-order valence-corrected chi connectivity index (χ2v) is 7.04. The van der Waals surface area contributed by atoms with E-state index < -0.39 is 17.5 Å². The molecule has 3 N–H and O–H groups in total. The summed E-state index contributed by atoms with van der Waals surface area (Å²) in [6.07, 6.45) is -2.03. The molecule has 5 nitrogen and oxygen atoms in total. The number of benzene rings is 1. The molecule has 0 unspecified atom stereocenters. The molecule has 1 aromatic heterocycles. The Kier molecular flexibility index (Phi) is 5.60. The number of aromatic hydroxyl groups is 1. The van der Waals surface area contributed by atoms with Crippen molar-refractivity contribution in [1.29, 1.82) is 0 Å². The summed E-state index contributed by atoms with van der Waals surface area (Å²) in [5.41, 5.74) is 6.52. The van der Waals surface area contributed by atoms with Crippen LogP contribution in [0.5, 0.6) is 5.75 Å². The van der Waals surface area contributed by atoms with E-state index in [0.29, 0.717) is 36.5 Å². The van der Waals surface area contributed by atoms with Crippen LogP contribution in [0.4, 0.5) is 19.0 Å². The third kappa shape index (κ3) is 4.27. The van der Waals surface area contributed by atoms with Crippen molar-refractivity contribution in [3.8, 4) is 17.0 Å². The minimum atomic E-state index is -4.53. The van der Waals surface area contributed by atoms with Crippen molar-refractivity contribution in [1.82, 2.24) is 4.98 Å². The Morgan fingerprint density at radius 1 is 1.32 bits per heavy atom. The Balaban J connectivity index is 1.88. The highest BCUT2D eigenvalue weighted by Crippen LogP contribution is 2.38. The number of pyridine rings is 1. The van der Waals surface area contributed by atoms with Crippen LogP contribution in [0.25, 0.3) is 11.3 Å². The molecule has 0 radical (unpaired) electrons. The van der Waals surface area contributed by atoms with Gasteiger partial charge in [0, 0.05) is 29.9 Å². The van der Waals surface area contributed by atoms with Crippen molar-refractivity contribution in [3.05, 3.63) is 41.0 Å². The Morgan fingerprint density at radius 3 is 2.68 bits per heavy atom. The van der Waals surface area contributed by atoms with Gasteiger partial charge in [0.2, 0.25) is 0 Å². The maximum absolute atomic E-state index is 12.9. The fourth-order valence-electron chi connectivity index (χ4n) is 3.27. The van der Waals surface area contributed by atoms with Crippen molar-refractivity contribution in [3.63, 3.8) is 0 Å². The van der Waals surface area contributed by atoms with Crippen LogP contribution in [0.3, 0.4) is 0 Å². The SMILES string of the molecule is Cc1cc(C(F)(F)F)cc(O)c1-c1ccc(C=N[C@@H]2CCOC[C@H]2C)c(N)n1. The molecule has 8 heteroatoms. The van der Waals surface area contributed by atoms with Crippen molar-refractivity contribution in [2.75, 3.05) is 18.9 Å². The summed E-state index contributed by atoms with van der Waals surface area (Å²) in [4.78, 5) is 8.83. The Morgan fingerprint density at radius 2 is 2.07 bits per heavy atom. The average Bonchev–Trinajstić information content (AvgIpc) is 2.61. The van der Waals surface area contributed by atoms with Gasteiger partial charge in [-0.15, -0.1) is 0 Å². The summed E-state index contributed by atoms with van der Waals surface area (Å²) < 4.78 is 44.1. The number of alkyl halides is 3. The minimum Gasteiger partial charge on any atom is -0.507 e. The van der Waals surface area contributed by atoms with E-state index in [1.807, 2.05) is 0 Å². The fraction of sp³-hybridized carbons (Fsp3) is 0.400. The van der Waals surface area contributed by atoms with E-state index in [9.17, 15) is 18.3 Å². The number of nitrogens with two attached hydrogens (primary N) is 1. The van der Waals surface area contributed by atoms with Gasteiger partial charge in [-0.25, -0.2) is 4.98 Å². The van der Waals surface area contributed by atoms with Crippen LogP contribution in [0, 0.1) is 12.8 Å². The van der Waals surface area contributed by atoms with E-state index in [0.717, 1.165) is 12.5 Å². The quantitative estimate of drug-likeness (QED) is 0.766. The molecule has 0 aliphatic carbocycles. The van der Waals surface area contributed by atoms with Crippen molar-refractivity contribution in [2.45, 2.75) is 32.5 Å². The van der Waals surface area contributed by atoms with Crippen LogP contribution in [-0.2, 0) is 10.9 Å². The lowest BCUT2D eigenvalue weighted by Crippen LogP contribution is -2.28. The number of ether oxygens (including phenoxy) is 1. The monoisotopic (exact) mass is 393 g/mol. The van der Waals surface area contributed by atoms with Crippen LogP contribution in [-0.4, -0.2) is 35.6 Å². The van der Waals surface area contributed by atoms with E-state index in [4.69, 9.17) is 10.5 Å². The number of aryl methyl sites for hydroxylation is 1. The molecule has 2 atom stereocenters. The Bertz CT molecular complexity index is 874. The van der Waals surface area contributed by atoms with E-state index in [1.165, 1.54) is 6.92 Å². The van der Waals surface area contributed by atoms with Gasteiger partial charge in [-0.1, -0.05) is 6.92 Å². The lowest BCUT2D eigenvalue weighted by Gasteiger charge is -2.25. The molecule has 2 heterocycles. The zero-order valence-electron chi connectivity index (χ0n) is 15.6. The maximum Gasteiger partial charge on any atom is 0.416 e. The summed E-state index contributed by atoms with van der Waals surface area (Å²) in [7, 11) is 0. The van der Waals surface area contributed by atoms with E-state index in [-0.39, 0.29) is 23.0 Å². The van der Waals surface area contributed by atoms with Gasteiger partial charge in [-0.3, -0.25) is 4.99 Å². The molecule has 1 saturated heterocycles. The fourth-order valence-corrected chi connectivity index (χ4v) is 3.27. The summed E-state index contributed by atoms with van der Waals surface area (Å²) in [6, 6.07) is 5.13. The number of hydrogen-bond donors (Lipinski definition) is 2. The number of hydrogen-bond acceptors (Lipinski definition) is 5. The topological polar surface area (TPSA) is 80.7 Å². The summed E-state index contributed by atoms with van der Waals surface area (Å²) in [6.45, 7) is 4.90. The summed E-state index contributed by atoms with van der Waals surface area (Å²) >= 11 is 0. The molecule has 3 rings (SSSR count). The zero-order chi connectivity index (χ0) is 20.5. The highest BCUT2D eigenvalue weighted by molar-refractivity contribution is 5.87. The number of phenols is 1. The molecule has 2 aromatic rings. The zero-order valence-corrected chi connectivity index (χ0v) is 15.6. The molecule has 0 saturated carbocycles. The standard InChI is InChI=1S/C20H22F3N3O2/c1-11-7-14(20(21,22)23)8-17(27)18(11)16-4-3-13(19(24)26-16)9-25-15-5-6-28-10-12(15)2/h3-4,7-9,12,15,27H,5-6,10H2,1-2H3,(H2,24,26)/t12-,15-/m1/s1. The molecule has 1 fully saturated rings. The average molecular weight is 393 g/mol. The van der Waals surface area contributed by atoms with Crippen LogP contribution >= 0.6 is 0 Å². The molecular formula is C20H22F3N3O2. The normalized spacial score (nSPS) is 20.6. The first-order valence-corrected chi connectivity index (χ1v) is 8.95. The number of nitrogen functional groups attached to an aromatic ring is 1. The third-order valence-electron chi connectivity index (χ3n) is 4.86. The third-order valence-corrected chi connectivity index (χ3v) is 4.86. The van der Waals surface area contributed by atoms with Gasteiger partial charge in [-0.2, -0.15) is 13.2 Å². The first kappa shape index (κ1) is 20.1. The smallest absolute Gasteiger partial charge is 0.416 e. The van der Waals surface area contributed by atoms with Gasteiger partial charge in [0.15, 0.2) is 0 Å². The molecule has 28 heavy (non-hydrogen) atoms. The van der Waals surface area contributed by atoms with E-state index in [1.54, 1.807) is 18.3 Å². The Labute approximate surface area is 161 Å². The van der Waals surface area contributed by atoms with Gasteiger partial charge in [0.1, 0.15) is 11.6 Å². The first-order valence-electron chi connectivity index (χ1n) is 8.95. The highest BCUT2D eigenvalue weighted by Gasteiger charge is 2.32. The minimum absolute atomic E-state index is 0.147. The molecule has 0 spiro atoms. The van der Waals surface area contributed by atoms with Gasteiger partial charge < -0.3 is 15.6 Å². The van der Waals surface area contributed by atoms with Gasteiger partial charge in [0.25, 0.3) is 0 Å². The highest BCUT2D eigenvalue weighted by atomic mass is 19.4. The lowest BCUT2D eigenvalue weighted by atomic mass is 9.98. The molecule has 150 valence electrons. The molecule has 0 amide bonds. The number of aromatic nitrogens is 1. The predicted octanol–water partition coefficient (Wildman–Crippen LogP) is 4.21. The number of nitrogens with zero attached hydrogens (tertiary/aromatic N) is 2. The van der Waals surface area contributed by atoms with E-state index in [2.05, 4.69) is 16.9 Å². The summed E-state index contributed by atoms with van der Waals surface area (Å²) in [5, 5.41) is 10.1. The van der Waals surface area contributed by atoms with Crippen molar-refractivity contribution < 1.29 is 23.0 Å². The van der Waals surface area contributed by atoms with Gasteiger partial charge >= 0.3 is 6.18 Å². The van der Waals surface area contributed by atoms with Crippen LogP contribution in [0.15, 0.2) is 29.3 Å². The molecule has 1 aliphatic heterocycles. The van der Waals surface area contributed by atoms with E-state index >= 15 is 0 Å². The summed E-state index contributed by atoms with van der Waals surface area (Å²) in [5.74, 6) is 0.0153. The first-order chi connectivity index (χ1) is 13.2. The number of phenolic OH excluding ortho intramolecular Hbond substituents is 1. The molecule has 1 aliphatic rings. The maximum atomic E-state index is 12.9. The van der Waals surface area contributed by atoms with Crippen molar-refractivity contribution in [2.24, 2.45) is 10.9 Å². The lowest BCUT2D eigenvalue weighted by molar-refractivity contribution is -0.137. The van der Waals surface area contributed by atoms with Crippen LogP contribution in [0.2, 0.25) is 0 Å². The number of halogens is 3. The van der Waals surface area contributed by atoms with Crippen LogP contribution < -0.4 is 5.73 Å². The molecule has 0 bridgehead atoms. The molecule has 1 aromatic carbocycles. The second kappa shape index (κ2) is 7.79. The molecular weight excluding hydrogens is 371 g/mol. The second-order valence-electron chi connectivity index (χ2n) is 7.04. The van der Waals surface area contributed by atoms with Gasteiger partial charge in [0.05, 0.1) is 23.9 Å². The predicted molar refractivity (Wildman–Crippen MR) is 101 cm³/mol. The Hall–Kier alpha value is -2.61. The number of rotatable bonds is 3. The largest absolute Gasteiger partial charge is 0.507 e.